The molecule has 0 saturated carbocycles. The number of carbonyl (C=O) groups excluding carboxylic acids is 1. The van der Waals surface area contributed by atoms with Crippen LogP contribution in [0.5, 0.6) is 0 Å². The van der Waals surface area contributed by atoms with Crippen LogP contribution in [0.3, 0.4) is 0 Å². The van der Waals surface area contributed by atoms with Crippen LogP contribution < -0.4 is 5.32 Å². The summed E-state index contributed by atoms with van der Waals surface area (Å²) in [6, 6.07) is 11.4. The van der Waals surface area contributed by atoms with Gasteiger partial charge in [-0.3, -0.25) is 4.79 Å². The molecule has 0 bridgehead atoms. The summed E-state index contributed by atoms with van der Waals surface area (Å²) < 4.78 is 2.03. The molecule has 136 valence electrons. The third-order valence-corrected chi connectivity index (χ3v) is 6.03. The van der Waals surface area contributed by atoms with Crippen LogP contribution >= 0.6 is 34.7 Å². The van der Waals surface area contributed by atoms with Crippen molar-refractivity contribution in [2.45, 2.75) is 31.6 Å². The fraction of sp³-hybridized carbons (Fsp3) is 0.278. The summed E-state index contributed by atoms with van der Waals surface area (Å²) in [5, 5.41) is 14.9. The van der Waals surface area contributed by atoms with Gasteiger partial charge in [-0.15, -0.1) is 21.5 Å². The number of carbonyl (C=O) groups is 1. The van der Waals surface area contributed by atoms with Gasteiger partial charge >= 0.3 is 0 Å². The minimum absolute atomic E-state index is 0.0641. The van der Waals surface area contributed by atoms with Crippen LogP contribution in [-0.4, -0.2) is 26.4 Å². The summed E-state index contributed by atoms with van der Waals surface area (Å²) in [4.78, 5) is 13.4. The zero-order valence-corrected chi connectivity index (χ0v) is 16.9. The van der Waals surface area contributed by atoms with E-state index in [4.69, 9.17) is 11.6 Å². The maximum atomic E-state index is 12.3. The zero-order chi connectivity index (χ0) is 18.5. The quantitative estimate of drug-likeness (QED) is 0.580. The lowest BCUT2D eigenvalue weighted by Gasteiger charge is -2.15. The molecule has 0 fully saturated rings. The predicted molar refractivity (Wildman–Crippen MR) is 108 cm³/mol. The number of rotatable bonds is 7. The molecule has 0 aliphatic carbocycles. The molecule has 26 heavy (non-hydrogen) atoms. The molecule has 2 aromatic heterocycles. The summed E-state index contributed by atoms with van der Waals surface area (Å²) in [5.41, 5.74) is 0.907. The van der Waals surface area contributed by atoms with Gasteiger partial charge in [0.2, 0.25) is 5.91 Å². The van der Waals surface area contributed by atoms with Gasteiger partial charge in [-0.1, -0.05) is 47.6 Å². The smallest absolute Gasteiger partial charge is 0.230 e. The Morgan fingerprint density at radius 2 is 2.12 bits per heavy atom. The highest BCUT2D eigenvalue weighted by Crippen LogP contribution is 2.27. The van der Waals surface area contributed by atoms with E-state index in [1.807, 2.05) is 60.2 Å². The summed E-state index contributed by atoms with van der Waals surface area (Å²) >= 11 is 9.20. The number of nitrogens with zero attached hydrogens (tertiary/aromatic N) is 3. The predicted octanol–water partition coefficient (Wildman–Crippen LogP) is 4.65. The van der Waals surface area contributed by atoms with Crippen LogP contribution in [0.2, 0.25) is 5.02 Å². The van der Waals surface area contributed by atoms with Crippen LogP contribution in [0.25, 0.3) is 10.7 Å². The maximum absolute atomic E-state index is 12.3. The number of amides is 1. The van der Waals surface area contributed by atoms with E-state index in [1.54, 1.807) is 11.3 Å². The lowest BCUT2D eigenvalue weighted by atomic mass is 10.1. The number of hydrogen-bond acceptors (Lipinski definition) is 5. The van der Waals surface area contributed by atoms with Crippen LogP contribution in [-0.2, 0) is 11.3 Å². The van der Waals surface area contributed by atoms with Crippen molar-refractivity contribution >= 4 is 40.6 Å². The Morgan fingerprint density at radius 3 is 2.81 bits per heavy atom. The van der Waals surface area contributed by atoms with Gasteiger partial charge in [-0.05, 0) is 36.9 Å². The van der Waals surface area contributed by atoms with Crippen molar-refractivity contribution in [3.63, 3.8) is 0 Å². The van der Waals surface area contributed by atoms with Crippen molar-refractivity contribution < 1.29 is 4.79 Å². The molecule has 0 saturated heterocycles. The topological polar surface area (TPSA) is 59.8 Å². The Balaban J connectivity index is 1.62. The Hall–Kier alpha value is -1.83. The minimum Gasteiger partial charge on any atom is -0.349 e. The summed E-state index contributed by atoms with van der Waals surface area (Å²) in [6.45, 7) is 4.72. The van der Waals surface area contributed by atoms with Gasteiger partial charge < -0.3 is 9.88 Å². The molecule has 8 heteroatoms. The largest absolute Gasteiger partial charge is 0.349 e. The first-order valence-electron chi connectivity index (χ1n) is 8.23. The van der Waals surface area contributed by atoms with Crippen LogP contribution in [0.1, 0.15) is 25.5 Å². The second-order valence-electron chi connectivity index (χ2n) is 5.63. The molecule has 1 N–H and O–H groups in total. The number of nitrogens with one attached hydrogen (secondary N) is 1. The van der Waals surface area contributed by atoms with E-state index >= 15 is 0 Å². The molecule has 1 aromatic carbocycles. The van der Waals surface area contributed by atoms with Gasteiger partial charge in [0, 0.05) is 11.6 Å². The third-order valence-electron chi connectivity index (χ3n) is 3.86. The van der Waals surface area contributed by atoms with E-state index in [-0.39, 0.29) is 17.7 Å². The second-order valence-corrected chi connectivity index (χ2v) is 7.92. The monoisotopic (exact) mass is 406 g/mol. The van der Waals surface area contributed by atoms with E-state index in [0.29, 0.717) is 5.02 Å². The molecular weight excluding hydrogens is 388 g/mol. The van der Waals surface area contributed by atoms with Gasteiger partial charge in [0.15, 0.2) is 11.0 Å². The molecule has 3 rings (SSSR count). The van der Waals surface area contributed by atoms with E-state index in [0.717, 1.165) is 28.0 Å². The van der Waals surface area contributed by atoms with Crippen LogP contribution in [0, 0.1) is 0 Å². The number of benzene rings is 1. The highest BCUT2D eigenvalue weighted by Gasteiger charge is 2.17. The van der Waals surface area contributed by atoms with Gasteiger partial charge in [0.1, 0.15) is 0 Å². The third kappa shape index (κ3) is 4.28. The number of aromatic nitrogens is 3. The number of thiophene rings is 1. The summed E-state index contributed by atoms with van der Waals surface area (Å²) in [6.07, 6.45) is 0. The highest BCUT2D eigenvalue weighted by atomic mass is 35.5. The highest BCUT2D eigenvalue weighted by molar-refractivity contribution is 7.99. The SMILES string of the molecule is CCn1c(SCC(=O)N[C@@H](C)c2ccccc2Cl)nnc1-c1cccs1. The Bertz CT molecular complexity index is 879. The fourth-order valence-corrected chi connectivity index (χ4v) is 4.42. The van der Waals surface area contributed by atoms with E-state index in [1.165, 1.54) is 11.8 Å². The molecule has 0 spiro atoms. The average molecular weight is 407 g/mol. The number of halogens is 1. The van der Waals surface area contributed by atoms with Crippen molar-refractivity contribution in [2.75, 3.05) is 5.75 Å². The molecule has 3 aromatic rings. The molecule has 2 heterocycles. The lowest BCUT2D eigenvalue weighted by molar-refractivity contribution is -0.119. The molecule has 0 aliphatic heterocycles. The van der Waals surface area contributed by atoms with Gasteiger partial charge in [-0.25, -0.2) is 0 Å². The summed E-state index contributed by atoms with van der Waals surface area (Å²) in [7, 11) is 0. The number of thioether (sulfide) groups is 1. The summed E-state index contributed by atoms with van der Waals surface area (Å²) in [5.74, 6) is 1.05. The first-order chi connectivity index (χ1) is 12.6. The van der Waals surface area contributed by atoms with Gasteiger partial charge in [0.05, 0.1) is 16.7 Å². The standard InChI is InChI=1S/C18H19ClN4OS2/c1-3-23-17(15-9-6-10-25-15)21-22-18(23)26-11-16(24)20-12(2)13-7-4-5-8-14(13)19/h4-10,12H,3,11H2,1-2H3,(H,20,24)/t12-/m0/s1. The zero-order valence-electron chi connectivity index (χ0n) is 14.5. The molecule has 1 amide bonds. The molecule has 1 atom stereocenters. The van der Waals surface area contributed by atoms with Crippen molar-refractivity contribution in [2.24, 2.45) is 0 Å². The Kier molecular flexibility index (Phi) is 6.34. The average Bonchev–Trinajstić information content (AvgIpc) is 3.29. The van der Waals surface area contributed by atoms with Crippen molar-refractivity contribution in [1.82, 2.24) is 20.1 Å². The van der Waals surface area contributed by atoms with Gasteiger partial charge in [-0.2, -0.15) is 0 Å². The van der Waals surface area contributed by atoms with Crippen LogP contribution in [0.15, 0.2) is 46.9 Å². The normalized spacial score (nSPS) is 12.1. The molecule has 0 aliphatic rings. The first kappa shape index (κ1) is 18.9. The molecule has 0 radical (unpaired) electrons. The van der Waals surface area contributed by atoms with Crippen LogP contribution in [0.4, 0.5) is 0 Å². The Morgan fingerprint density at radius 1 is 1.31 bits per heavy atom. The van der Waals surface area contributed by atoms with E-state index in [2.05, 4.69) is 15.5 Å². The second kappa shape index (κ2) is 8.70. The van der Waals surface area contributed by atoms with E-state index < -0.39 is 0 Å². The van der Waals surface area contributed by atoms with Crippen molar-refractivity contribution in [3.8, 4) is 10.7 Å². The van der Waals surface area contributed by atoms with Crippen molar-refractivity contribution in [1.29, 1.82) is 0 Å². The fourth-order valence-electron chi connectivity index (χ4n) is 2.59. The number of hydrogen-bond donors (Lipinski definition) is 1. The maximum Gasteiger partial charge on any atom is 0.230 e. The molecular formula is C18H19ClN4OS2. The molecule has 5 nitrogen and oxygen atoms in total. The first-order valence-corrected chi connectivity index (χ1v) is 10.5. The van der Waals surface area contributed by atoms with E-state index in [9.17, 15) is 4.79 Å². The molecule has 0 unspecified atom stereocenters. The Labute approximate surface area is 165 Å². The van der Waals surface area contributed by atoms with Crippen molar-refractivity contribution in [3.05, 3.63) is 52.4 Å². The minimum atomic E-state index is -0.150. The van der Waals surface area contributed by atoms with Gasteiger partial charge in [0.25, 0.3) is 0 Å². The lowest BCUT2D eigenvalue weighted by Crippen LogP contribution is -2.28.